The number of piperazine rings is 2. The molecule has 6 heteroatoms. The topological polar surface area (TPSA) is 48.1 Å². The Morgan fingerprint density at radius 1 is 1.15 bits per heavy atom. The monoisotopic (exact) mass is 372 g/mol. The Hall–Kier alpha value is -1.79. The Labute approximate surface area is 162 Å². The van der Waals surface area contributed by atoms with Crippen LogP contribution >= 0.6 is 0 Å². The summed E-state index contributed by atoms with van der Waals surface area (Å²) < 4.78 is 5.23. The molecule has 1 amide bonds. The molecule has 1 aromatic rings. The Balaban J connectivity index is 1.31. The average Bonchev–Trinajstić information content (AvgIpc) is 3.56. The van der Waals surface area contributed by atoms with Crippen molar-refractivity contribution in [2.75, 3.05) is 64.4 Å². The highest BCUT2D eigenvalue weighted by molar-refractivity contribution is 5.78. The highest BCUT2D eigenvalue weighted by atomic mass is 16.5. The van der Waals surface area contributed by atoms with E-state index in [1.165, 1.54) is 18.5 Å². The molecule has 1 unspecified atom stereocenters. The highest BCUT2D eigenvalue weighted by Crippen LogP contribution is 2.43. The van der Waals surface area contributed by atoms with E-state index in [4.69, 9.17) is 4.74 Å². The summed E-state index contributed by atoms with van der Waals surface area (Å²) in [5.74, 6) is 1.92. The van der Waals surface area contributed by atoms with Gasteiger partial charge < -0.3 is 19.9 Å². The summed E-state index contributed by atoms with van der Waals surface area (Å²) in [5, 5.41) is 3.53. The van der Waals surface area contributed by atoms with E-state index in [-0.39, 0.29) is 11.4 Å². The van der Waals surface area contributed by atoms with Gasteiger partial charge in [-0.15, -0.1) is 0 Å². The largest absolute Gasteiger partial charge is 0.497 e. The van der Waals surface area contributed by atoms with Gasteiger partial charge in [-0.1, -0.05) is 0 Å². The van der Waals surface area contributed by atoms with Crippen LogP contribution in [0.4, 0.5) is 5.69 Å². The summed E-state index contributed by atoms with van der Waals surface area (Å²) in [4.78, 5) is 19.8. The number of nitrogens with one attached hydrogen (secondary N) is 1. The lowest BCUT2D eigenvalue weighted by atomic mass is 9.91. The second kappa shape index (κ2) is 7.68. The maximum absolute atomic E-state index is 13.0. The summed E-state index contributed by atoms with van der Waals surface area (Å²) in [6.45, 7) is 9.26. The first-order chi connectivity index (χ1) is 13.1. The van der Waals surface area contributed by atoms with Gasteiger partial charge in [0.05, 0.1) is 13.7 Å². The normalized spacial score (nSPS) is 26.9. The van der Waals surface area contributed by atoms with Crippen molar-refractivity contribution in [2.24, 2.45) is 5.92 Å². The minimum atomic E-state index is 0.152. The molecule has 2 saturated heterocycles. The predicted octanol–water partition coefficient (Wildman–Crippen LogP) is 1.42. The standard InChI is InChI=1S/C21H32N4O2/c1-21(17-3-4-17)16-22-9-10-25(21)15-20(26)24-13-11-23(12-14-24)18-5-7-19(27-2)8-6-18/h5-8,17,22H,3-4,9-16H2,1-2H3. The molecule has 3 fully saturated rings. The van der Waals surface area contributed by atoms with E-state index >= 15 is 0 Å². The minimum absolute atomic E-state index is 0.152. The fraction of sp³-hybridized carbons (Fsp3) is 0.667. The molecule has 3 aliphatic rings. The molecule has 1 saturated carbocycles. The molecule has 148 valence electrons. The van der Waals surface area contributed by atoms with E-state index < -0.39 is 0 Å². The number of hydrogen-bond acceptors (Lipinski definition) is 5. The van der Waals surface area contributed by atoms with Gasteiger partial charge in [0.2, 0.25) is 5.91 Å². The van der Waals surface area contributed by atoms with E-state index in [1.54, 1.807) is 7.11 Å². The van der Waals surface area contributed by atoms with Crippen LogP contribution in [0.3, 0.4) is 0 Å². The number of nitrogens with zero attached hydrogens (tertiary/aromatic N) is 3. The van der Waals surface area contributed by atoms with Crippen LogP contribution in [-0.4, -0.2) is 80.7 Å². The zero-order valence-electron chi connectivity index (χ0n) is 16.6. The molecule has 0 radical (unpaired) electrons. The molecule has 6 nitrogen and oxygen atoms in total. The van der Waals surface area contributed by atoms with Gasteiger partial charge in [0.15, 0.2) is 0 Å². The number of carbonyl (C=O) groups excluding carboxylic acids is 1. The second-order valence-corrected chi connectivity index (χ2v) is 8.30. The first-order valence-corrected chi connectivity index (χ1v) is 10.2. The van der Waals surface area contributed by atoms with E-state index in [0.29, 0.717) is 6.54 Å². The smallest absolute Gasteiger partial charge is 0.236 e. The van der Waals surface area contributed by atoms with Crippen LogP contribution < -0.4 is 15.0 Å². The third-order valence-electron chi connectivity index (χ3n) is 6.62. The molecule has 2 aliphatic heterocycles. The molecule has 1 atom stereocenters. The molecule has 2 heterocycles. The molecule has 4 rings (SSSR count). The van der Waals surface area contributed by atoms with Crippen molar-refractivity contribution in [3.63, 3.8) is 0 Å². The van der Waals surface area contributed by atoms with Gasteiger partial charge in [0.1, 0.15) is 5.75 Å². The van der Waals surface area contributed by atoms with Crippen LogP contribution in [0.2, 0.25) is 0 Å². The van der Waals surface area contributed by atoms with E-state index in [1.807, 2.05) is 12.1 Å². The Bertz CT molecular complexity index is 653. The van der Waals surface area contributed by atoms with Crippen LogP contribution in [0.15, 0.2) is 24.3 Å². The van der Waals surface area contributed by atoms with Crippen molar-refractivity contribution in [2.45, 2.75) is 25.3 Å². The van der Waals surface area contributed by atoms with E-state index in [2.05, 4.69) is 39.1 Å². The van der Waals surface area contributed by atoms with Crippen LogP contribution in [0.1, 0.15) is 19.8 Å². The number of ether oxygens (including phenoxy) is 1. The van der Waals surface area contributed by atoms with Crippen LogP contribution in [-0.2, 0) is 4.79 Å². The second-order valence-electron chi connectivity index (χ2n) is 8.30. The lowest BCUT2D eigenvalue weighted by molar-refractivity contribution is -0.135. The number of hydrogen-bond donors (Lipinski definition) is 1. The molecule has 27 heavy (non-hydrogen) atoms. The predicted molar refractivity (Wildman–Crippen MR) is 107 cm³/mol. The lowest BCUT2D eigenvalue weighted by Crippen LogP contribution is -2.63. The number of methoxy groups -OCH3 is 1. The zero-order valence-corrected chi connectivity index (χ0v) is 16.6. The minimum Gasteiger partial charge on any atom is -0.497 e. The van der Waals surface area contributed by atoms with Crippen molar-refractivity contribution in [3.8, 4) is 5.75 Å². The fourth-order valence-electron chi connectivity index (χ4n) is 4.56. The molecule has 0 spiro atoms. The summed E-state index contributed by atoms with van der Waals surface area (Å²) in [6, 6.07) is 8.18. The Morgan fingerprint density at radius 3 is 2.48 bits per heavy atom. The zero-order chi connectivity index (χ0) is 18.9. The van der Waals surface area contributed by atoms with E-state index in [0.717, 1.165) is 57.5 Å². The van der Waals surface area contributed by atoms with Crippen molar-refractivity contribution >= 4 is 11.6 Å². The maximum atomic E-state index is 13.0. The Morgan fingerprint density at radius 2 is 1.85 bits per heavy atom. The number of benzene rings is 1. The fourth-order valence-corrected chi connectivity index (χ4v) is 4.56. The Kier molecular flexibility index (Phi) is 5.28. The lowest BCUT2D eigenvalue weighted by Gasteiger charge is -2.46. The SMILES string of the molecule is COc1ccc(N2CCN(C(=O)CN3CCNCC3(C)C3CC3)CC2)cc1. The van der Waals surface area contributed by atoms with Crippen molar-refractivity contribution in [3.05, 3.63) is 24.3 Å². The van der Waals surface area contributed by atoms with Gasteiger partial charge in [-0.2, -0.15) is 0 Å². The number of amides is 1. The molecular formula is C21H32N4O2. The average molecular weight is 373 g/mol. The summed E-state index contributed by atoms with van der Waals surface area (Å²) in [5.41, 5.74) is 1.35. The number of anilines is 1. The van der Waals surface area contributed by atoms with E-state index in [9.17, 15) is 4.79 Å². The van der Waals surface area contributed by atoms with Gasteiger partial charge in [-0.05, 0) is 49.9 Å². The van der Waals surface area contributed by atoms with Crippen LogP contribution in [0, 0.1) is 5.92 Å². The number of rotatable bonds is 5. The number of carbonyl (C=O) groups is 1. The van der Waals surface area contributed by atoms with Crippen LogP contribution in [0.25, 0.3) is 0 Å². The van der Waals surface area contributed by atoms with Crippen molar-refractivity contribution in [1.82, 2.24) is 15.1 Å². The van der Waals surface area contributed by atoms with Gasteiger partial charge >= 0.3 is 0 Å². The van der Waals surface area contributed by atoms with Crippen molar-refractivity contribution in [1.29, 1.82) is 0 Å². The molecule has 1 aromatic carbocycles. The maximum Gasteiger partial charge on any atom is 0.236 e. The summed E-state index contributed by atoms with van der Waals surface area (Å²) in [6.07, 6.45) is 2.62. The summed E-state index contributed by atoms with van der Waals surface area (Å²) >= 11 is 0. The highest BCUT2D eigenvalue weighted by Gasteiger charge is 2.47. The van der Waals surface area contributed by atoms with Gasteiger partial charge in [0, 0.05) is 57.0 Å². The quantitative estimate of drug-likeness (QED) is 0.847. The first kappa shape index (κ1) is 18.6. The molecule has 1 N–H and O–H groups in total. The van der Waals surface area contributed by atoms with Gasteiger partial charge in [-0.25, -0.2) is 0 Å². The third-order valence-corrected chi connectivity index (χ3v) is 6.62. The van der Waals surface area contributed by atoms with Gasteiger partial charge in [0.25, 0.3) is 0 Å². The summed E-state index contributed by atoms with van der Waals surface area (Å²) in [7, 11) is 1.69. The first-order valence-electron chi connectivity index (χ1n) is 10.2. The van der Waals surface area contributed by atoms with Crippen molar-refractivity contribution < 1.29 is 9.53 Å². The van der Waals surface area contributed by atoms with Crippen LogP contribution in [0.5, 0.6) is 5.75 Å². The molecular weight excluding hydrogens is 340 g/mol. The molecule has 1 aliphatic carbocycles. The third kappa shape index (κ3) is 3.92. The molecule has 0 bridgehead atoms. The van der Waals surface area contributed by atoms with Gasteiger partial charge in [-0.3, -0.25) is 9.69 Å². The molecule has 0 aromatic heterocycles.